The van der Waals surface area contributed by atoms with Crippen molar-refractivity contribution in [2.24, 2.45) is 0 Å². The van der Waals surface area contributed by atoms with Crippen molar-refractivity contribution in [2.75, 3.05) is 5.32 Å². The van der Waals surface area contributed by atoms with Crippen molar-refractivity contribution in [3.8, 4) is 0 Å². The first-order chi connectivity index (χ1) is 13.4. The third-order valence-electron chi connectivity index (χ3n) is 4.57. The molecule has 146 valence electrons. The quantitative estimate of drug-likeness (QED) is 0.447. The van der Waals surface area contributed by atoms with Crippen molar-refractivity contribution >= 4 is 45.9 Å². The van der Waals surface area contributed by atoms with E-state index in [9.17, 15) is 9.59 Å². The summed E-state index contributed by atoms with van der Waals surface area (Å²) in [4.78, 5) is 30.3. The maximum Gasteiger partial charge on any atom is 0.262 e. The normalized spacial score (nSPS) is 13.3. The molecule has 0 radical (unpaired) electrons. The Morgan fingerprint density at radius 3 is 2.54 bits per heavy atom. The lowest BCUT2D eigenvalue weighted by molar-refractivity contribution is -0.115. The molecule has 1 aromatic heterocycles. The zero-order chi connectivity index (χ0) is 20.3. The Hall–Kier alpha value is -2.31. The molecule has 1 amide bonds. The fourth-order valence-electron chi connectivity index (χ4n) is 2.77. The molecule has 0 saturated carbocycles. The van der Waals surface area contributed by atoms with Gasteiger partial charge >= 0.3 is 0 Å². The first-order valence-electron chi connectivity index (χ1n) is 9.15. The van der Waals surface area contributed by atoms with Gasteiger partial charge in [-0.2, -0.15) is 0 Å². The number of carbonyl (C=O) groups is 1. The van der Waals surface area contributed by atoms with E-state index < -0.39 is 5.25 Å². The average molecular weight is 416 g/mol. The highest BCUT2D eigenvalue weighted by Crippen LogP contribution is 2.26. The summed E-state index contributed by atoms with van der Waals surface area (Å²) in [5.74, 6) is -0.162. The van der Waals surface area contributed by atoms with Gasteiger partial charge in [0.2, 0.25) is 5.91 Å². The molecule has 5 nitrogen and oxygen atoms in total. The number of thioether (sulfide) groups is 1. The lowest BCUT2D eigenvalue weighted by Crippen LogP contribution is -2.28. The van der Waals surface area contributed by atoms with Gasteiger partial charge in [-0.25, -0.2) is 4.98 Å². The zero-order valence-corrected chi connectivity index (χ0v) is 17.6. The first-order valence-corrected chi connectivity index (χ1v) is 10.4. The first kappa shape index (κ1) is 20.4. The van der Waals surface area contributed by atoms with Gasteiger partial charge in [-0.1, -0.05) is 42.4 Å². The number of carbonyl (C=O) groups excluding carboxylic acids is 1. The Balaban J connectivity index is 1.90. The van der Waals surface area contributed by atoms with Gasteiger partial charge in [0.05, 0.1) is 16.2 Å². The van der Waals surface area contributed by atoms with E-state index >= 15 is 0 Å². The van der Waals surface area contributed by atoms with E-state index in [0.29, 0.717) is 26.8 Å². The van der Waals surface area contributed by atoms with Crippen LogP contribution in [0.3, 0.4) is 0 Å². The Labute approximate surface area is 173 Å². The van der Waals surface area contributed by atoms with Crippen LogP contribution in [0.2, 0.25) is 5.02 Å². The molecule has 2 atom stereocenters. The summed E-state index contributed by atoms with van der Waals surface area (Å²) < 4.78 is 1.69. The summed E-state index contributed by atoms with van der Waals surface area (Å²) in [6.45, 7) is 5.82. The highest BCUT2D eigenvalue weighted by atomic mass is 35.5. The molecule has 0 bridgehead atoms. The molecule has 0 aliphatic carbocycles. The van der Waals surface area contributed by atoms with Gasteiger partial charge in [0.1, 0.15) is 0 Å². The van der Waals surface area contributed by atoms with Crippen LogP contribution in [0.15, 0.2) is 58.5 Å². The van der Waals surface area contributed by atoms with Crippen molar-refractivity contribution in [1.82, 2.24) is 9.55 Å². The predicted molar refractivity (Wildman–Crippen MR) is 116 cm³/mol. The van der Waals surface area contributed by atoms with Gasteiger partial charge in [0, 0.05) is 16.8 Å². The lowest BCUT2D eigenvalue weighted by atomic mass is 10.2. The van der Waals surface area contributed by atoms with Crippen molar-refractivity contribution in [1.29, 1.82) is 0 Å². The van der Waals surface area contributed by atoms with Crippen molar-refractivity contribution in [3.63, 3.8) is 0 Å². The minimum Gasteiger partial charge on any atom is -0.325 e. The number of nitrogens with zero attached hydrogens (tertiary/aromatic N) is 2. The topological polar surface area (TPSA) is 64.0 Å². The van der Waals surface area contributed by atoms with Crippen molar-refractivity contribution in [2.45, 2.75) is 43.6 Å². The van der Waals surface area contributed by atoms with E-state index in [1.165, 1.54) is 11.8 Å². The Kier molecular flexibility index (Phi) is 6.42. The third kappa shape index (κ3) is 4.39. The summed E-state index contributed by atoms with van der Waals surface area (Å²) in [6, 6.07) is 14.2. The maximum absolute atomic E-state index is 13.0. The largest absolute Gasteiger partial charge is 0.325 e. The summed E-state index contributed by atoms with van der Waals surface area (Å²) >= 11 is 7.17. The molecular weight excluding hydrogens is 394 g/mol. The fourth-order valence-corrected chi connectivity index (χ4v) is 3.90. The molecule has 2 aromatic carbocycles. The molecule has 0 unspecified atom stereocenters. The molecule has 3 aromatic rings. The third-order valence-corrected chi connectivity index (χ3v) is 5.89. The summed E-state index contributed by atoms with van der Waals surface area (Å²) in [6.07, 6.45) is 0.791. The number of hydrogen-bond donors (Lipinski definition) is 1. The number of fused-ring (bicyclic) bond motifs is 1. The number of rotatable bonds is 6. The second kappa shape index (κ2) is 8.80. The molecule has 0 fully saturated rings. The van der Waals surface area contributed by atoms with Crippen LogP contribution >= 0.6 is 23.4 Å². The average Bonchev–Trinajstić information content (AvgIpc) is 2.69. The second-order valence-corrected chi connectivity index (χ2v) is 8.34. The minimum absolute atomic E-state index is 0.0152. The Bertz CT molecular complexity index is 1050. The molecule has 0 saturated heterocycles. The van der Waals surface area contributed by atoms with Gasteiger partial charge < -0.3 is 5.32 Å². The van der Waals surface area contributed by atoms with Gasteiger partial charge in [0.25, 0.3) is 5.56 Å². The van der Waals surface area contributed by atoms with Crippen LogP contribution in [-0.4, -0.2) is 20.7 Å². The molecular formula is C21H22ClN3O2S. The second-order valence-electron chi connectivity index (χ2n) is 6.60. The standard InChI is InChI=1S/C21H22ClN3O2S/c1-4-13(2)25-20(27)17-7-5-6-8-18(17)24-21(25)28-14(3)19(26)23-16-11-9-15(22)10-12-16/h5-14H,4H2,1-3H3,(H,23,26)/t13-,14+/m0/s1. The highest BCUT2D eigenvalue weighted by Gasteiger charge is 2.21. The fraction of sp³-hybridized carbons (Fsp3) is 0.286. The Morgan fingerprint density at radius 1 is 1.18 bits per heavy atom. The van der Waals surface area contributed by atoms with E-state index in [0.717, 1.165) is 6.42 Å². The molecule has 28 heavy (non-hydrogen) atoms. The maximum atomic E-state index is 13.0. The number of hydrogen-bond acceptors (Lipinski definition) is 4. The monoisotopic (exact) mass is 415 g/mol. The van der Waals surface area contributed by atoms with Gasteiger partial charge in [0.15, 0.2) is 5.16 Å². The summed E-state index contributed by atoms with van der Waals surface area (Å²) in [5, 5.41) is 4.19. The molecule has 0 aliphatic rings. The van der Waals surface area contributed by atoms with E-state index in [-0.39, 0.29) is 17.5 Å². The van der Waals surface area contributed by atoms with Crippen LogP contribution in [0.4, 0.5) is 5.69 Å². The number of nitrogens with one attached hydrogen (secondary N) is 1. The number of aromatic nitrogens is 2. The van der Waals surface area contributed by atoms with Crippen LogP contribution in [-0.2, 0) is 4.79 Å². The minimum atomic E-state index is -0.431. The summed E-state index contributed by atoms with van der Waals surface area (Å²) in [5.41, 5.74) is 1.24. The predicted octanol–water partition coefficient (Wildman–Crippen LogP) is 5.14. The van der Waals surface area contributed by atoms with Crippen LogP contribution in [0.1, 0.15) is 33.2 Å². The Morgan fingerprint density at radius 2 is 1.86 bits per heavy atom. The molecule has 1 N–H and O–H groups in total. The van der Waals surface area contributed by atoms with E-state index in [2.05, 4.69) is 10.3 Å². The van der Waals surface area contributed by atoms with Gasteiger partial charge in [-0.05, 0) is 56.7 Å². The number of anilines is 1. The van der Waals surface area contributed by atoms with Crippen LogP contribution < -0.4 is 10.9 Å². The van der Waals surface area contributed by atoms with E-state index in [1.807, 2.05) is 32.0 Å². The molecule has 0 aliphatic heterocycles. The van der Waals surface area contributed by atoms with Crippen LogP contribution in [0, 0.1) is 0 Å². The van der Waals surface area contributed by atoms with E-state index in [1.54, 1.807) is 41.8 Å². The van der Waals surface area contributed by atoms with E-state index in [4.69, 9.17) is 11.6 Å². The van der Waals surface area contributed by atoms with Gasteiger partial charge in [-0.15, -0.1) is 0 Å². The molecule has 3 rings (SSSR count). The smallest absolute Gasteiger partial charge is 0.262 e. The molecule has 7 heteroatoms. The van der Waals surface area contributed by atoms with Gasteiger partial charge in [-0.3, -0.25) is 14.2 Å². The number of halogens is 1. The highest BCUT2D eigenvalue weighted by molar-refractivity contribution is 8.00. The molecule has 0 spiro atoms. The van der Waals surface area contributed by atoms with Crippen LogP contribution in [0.5, 0.6) is 0 Å². The van der Waals surface area contributed by atoms with Crippen molar-refractivity contribution < 1.29 is 4.79 Å². The SMILES string of the molecule is CC[C@H](C)n1c(S[C@H](C)C(=O)Nc2ccc(Cl)cc2)nc2ccccc2c1=O. The van der Waals surface area contributed by atoms with Crippen LogP contribution in [0.25, 0.3) is 10.9 Å². The molecule has 1 heterocycles. The van der Waals surface area contributed by atoms with Crippen molar-refractivity contribution in [3.05, 3.63) is 63.9 Å². The number of para-hydroxylation sites is 1. The summed E-state index contributed by atoms with van der Waals surface area (Å²) in [7, 11) is 0. The number of amides is 1. The number of benzene rings is 2. The zero-order valence-electron chi connectivity index (χ0n) is 16.0. The lowest BCUT2D eigenvalue weighted by Gasteiger charge is -2.20.